The highest BCUT2D eigenvalue weighted by atomic mass is 79.9. The Balaban J connectivity index is 2.40. The minimum Gasteiger partial charge on any atom is -0.374 e. The summed E-state index contributed by atoms with van der Waals surface area (Å²) < 4.78 is 5.76. The van der Waals surface area contributed by atoms with Gasteiger partial charge in [0.1, 0.15) is 0 Å². The highest BCUT2D eigenvalue weighted by Gasteiger charge is 2.26. The summed E-state index contributed by atoms with van der Waals surface area (Å²) in [5.74, 6) is 0. The summed E-state index contributed by atoms with van der Waals surface area (Å²) in [5, 5.41) is 0.985. The van der Waals surface area contributed by atoms with Gasteiger partial charge in [0.2, 0.25) is 0 Å². The quantitative estimate of drug-likeness (QED) is 0.724. The van der Waals surface area contributed by atoms with E-state index < -0.39 is 0 Å². The maximum Gasteiger partial charge on any atom is 0.0829 e. The Morgan fingerprint density at radius 1 is 1.53 bits per heavy atom. The standard InChI is InChI=1S/C11H23BrN2O/c1-11(2,9-12)14(4)8-10-7-13(3)5-6-15-10/h10H,5-9H2,1-4H3. The number of hydrogen-bond donors (Lipinski definition) is 0. The Morgan fingerprint density at radius 3 is 2.73 bits per heavy atom. The molecule has 0 saturated carbocycles. The van der Waals surface area contributed by atoms with E-state index in [1.807, 2.05) is 0 Å². The largest absolute Gasteiger partial charge is 0.374 e. The predicted molar refractivity (Wildman–Crippen MR) is 67.7 cm³/mol. The third-order valence-corrected chi connectivity index (χ3v) is 4.55. The van der Waals surface area contributed by atoms with Crippen molar-refractivity contribution in [3.8, 4) is 0 Å². The number of halogens is 1. The lowest BCUT2D eigenvalue weighted by Gasteiger charge is -2.39. The Morgan fingerprint density at radius 2 is 2.20 bits per heavy atom. The van der Waals surface area contributed by atoms with Crippen molar-refractivity contribution >= 4 is 15.9 Å². The van der Waals surface area contributed by atoms with Gasteiger partial charge in [0.15, 0.2) is 0 Å². The molecule has 3 nitrogen and oxygen atoms in total. The van der Waals surface area contributed by atoms with Gasteiger partial charge in [-0.3, -0.25) is 4.90 Å². The molecule has 1 saturated heterocycles. The van der Waals surface area contributed by atoms with Crippen molar-refractivity contribution in [1.29, 1.82) is 0 Å². The average molecular weight is 279 g/mol. The molecule has 0 radical (unpaired) electrons. The zero-order valence-electron chi connectivity index (χ0n) is 10.3. The van der Waals surface area contributed by atoms with Crippen LogP contribution in [0.25, 0.3) is 0 Å². The number of rotatable bonds is 4. The molecule has 0 aliphatic carbocycles. The molecule has 0 aromatic rings. The van der Waals surface area contributed by atoms with E-state index in [2.05, 4.69) is 53.7 Å². The van der Waals surface area contributed by atoms with Crippen LogP contribution in [0.5, 0.6) is 0 Å². The first-order chi connectivity index (χ1) is 6.95. The average Bonchev–Trinajstić information content (AvgIpc) is 2.17. The lowest BCUT2D eigenvalue weighted by Crippen LogP contribution is -2.51. The van der Waals surface area contributed by atoms with Gasteiger partial charge >= 0.3 is 0 Å². The van der Waals surface area contributed by atoms with Crippen LogP contribution in [0, 0.1) is 0 Å². The van der Waals surface area contributed by atoms with Crippen molar-refractivity contribution in [2.24, 2.45) is 0 Å². The summed E-state index contributed by atoms with van der Waals surface area (Å²) in [7, 11) is 4.32. The number of alkyl halides is 1. The van der Waals surface area contributed by atoms with Crippen LogP contribution < -0.4 is 0 Å². The molecule has 15 heavy (non-hydrogen) atoms. The van der Waals surface area contributed by atoms with Crippen molar-refractivity contribution in [3.05, 3.63) is 0 Å². The first-order valence-corrected chi connectivity index (χ1v) is 6.65. The lowest BCUT2D eigenvalue weighted by atomic mass is 10.1. The maximum atomic E-state index is 5.76. The van der Waals surface area contributed by atoms with Crippen molar-refractivity contribution in [2.75, 3.05) is 45.7 Å². The van der Waals surface area contributed by atoms with Gasteiger partial charge in [0, 0.05) is 30.5 Å². The van der Waals surface area contributed by atoms with Gasteiger partial charge in [-0.25, -0.2) is 0 Å². The topological polar surface area (TPSA) is 15.7 Å². The van der Waals surface area contributed by atoms with E-state index >= 15 is 0 Å². The van der Waals surface area contributed by atoms with E-state index in [0.717, 1.165) is 31.6 Å². The number of likely N-dealkylation sites (N-methyl/N-ethyl adjacent to an activating group) is 2. The second kappa shape index (κ2) is 5.62. The number of morpholine rings is 1. The highest BCUT2D eigenvalue weighted by Crippen LogP contribution is 2.16. The molecule has 0 aromatic carbocycles. The minimum atomic E-state index is 0.194. The monoisotopic (exact) mass is 278 g/mol. The van der Waals surface area contributed by atoms with Crippen LogP contribution in [0.3, 0.4) is 0 Å². The molecular formula is C11H23BrN2O. The van der Waals surface area contributed by atoms with Crippen molar-refractivity contribution in [3.63, 3.8) is 0 Å². The van der Waals surface area contributed by atoms with Crippen molar-refractivity contribution in [2.45, 2.75) is 25.5 Å². The van der Waals surface area contributed by atoms with Crippen molar-refractivity contribution < 1.29 is 4.74 Å². The normalized spacial score (nSPS) is 24.8. The molecule has 1 unspecified atom stereocenters. The third kappa shape index (κ3) is 4.02. The highest BCUT2D eigenvalue weighted by molar-refractivity contribution is 9.09. The molecule has 0 amide bonds. The van der Waals surface area contributed by atoms with Crippen LogP contribution >= 0.6 is 15.9 Å². The fourth-order valence-corrected chi connectivity index (χ4v) is 2.06. The Hall–Kier alpha value is 0.360. The van der Waals surface area contributed by atoms with Gasteiger partial charge in [0.25, 0.3) is 0 Å². The summed E-state index contributed by atoms with van der Waals surface area (Å²) >= 11 is 3.56. The van der Waals surface area contributed by atoms with E-state index in [1.54, 1.807) is 0 Å². The molecule has 0 N–H and O–H groups in total. The molecule has 90 valence electrons. The lowest BCUT2D eigenvalue weighted by molar-refractivity contribution is -0.0423. The van der Waals surface area contributed by atoms with Crippen LogP contribution in [0.15, 0.2) is 0 Å². The van der Waals surface area contributed by atoms with E-state index in [1.165, 1.54) is 0 Å². The van der Waals surface area contributed by atoms with Gasteiger partial charge in [-0.15, -0.1) is 0 Å². The zero-order valence-corrected chi connectivity index (χ0v) is 11.9. The van der Waals surface area contributed by atoms with Crippen LogP contribution in [0.2, 0.25) is 0 Å². The van der Waals surface area contributed by atoms with E-state index in [0.29, 0.717) is 6.10 Å². The number of hydrogen-bond acceptors (Lipinski definition) is 3. The van der Waals surface area contributed by atoms with E-state index in [4.69, 9.17) is 4.74 Å². The van der Waals surface area contributed by atoms with Crippen molar-refractivity contribution in [1.82, 2.24) is 9.80 Å². The van der Waals surface area contributed by atoms with Crippen LogP contribution in [-0.2, 0) is 4.74 Å². The third-order valence-electron chi connectivity index (χ3n) is 3.18. The Bertz CT molecular complexity index is 199. The van der Waals surface area contributed by atoms with Gasteiger partial charge in [0.05, 0.1) is 12.7 Å². The van der Waals surface area contributed by atoms with Crippen LogP contribution in [-0.4, -0.2) is 67.1 Å². The fraction of sp³-hybridized carbons (Fsp3) is 1.00. The van der Waals surface area contributed by atoms with Gasteiger partial charge in [-0.2, -0.15) is 0 Å². The van der Waals surface area contributed by atoms with E-state index in [9.17, 15) is 0 Å². The molecule has 0 aromatic heterocycles. The summed E-state index contributed by atoms with van der Waals surface area (Å²) in [6.45, 7) is 8.46. The van der Waals surface area contributed by atoms with Gasteiger partial charge in [-0.1, -0.05) is 15.9 Å². The molecule has 1 rings (SSSR count). The molecule has 4 heteroatoms. The smallest absolute Gasteiger partial charge is 0.0829 e. The molecule has 0 bridgehead atoms. The molecule has 1 aliphatic rings. The second-order valence-electron chi connectivity index (χ2n) is 5.08. The summed E-state index contributed by atoms with van der Waals surface area (Å²) in [6, 6.07) is 0. The molecule has 1 heterocycles. The molecule has 0 spiro atoms. The summed E-state index contributed by atoms with van der Waals surface area (Å²) in [4.78, 5) is 4.70. The first kappa shape index (κ1) is 13.4. The first-order valence-electron chi connectivity index (χ1n) is 5.53. The summed E-state index contributed by atoms with van der Waals surface area (Å²) in [5.41, 5.74) is 0.194. The maximum absolute atomic E-state index is 5.76. The SMILES string of the molecule is CN1CCOC(CN(C)C(C)(C)CBr)C1. The molecule has 1 fully saturated rings. The van der Waals surface area contributed by atoms with E-state index in [-0.39, 0.29) is 5.54 Å². The second-order valence-corrected chi connectivity index (χ2v) is 5.64. The summed E-state index contributed by atoms with van der Waals surface area (Å²) in [6.07, 6.45) is 0.354. The molecule has 1 aliphatic heterocycles. The number of nitrogens with zero attached hydrogens (tertiary/aromatic N) is 2. The number of ether oxygens (including phenoxy) is 1. The zero-order chi connectivity index (χ0) is 11.5. The Kier molecular flexibility index (Phi) is 5.03. The van der Waals surface area contributed by atoms with Gasteiger partial charge in [-0.05, 0) is 27.9 Å². The minimum absolute atomic E-state index is 0.194. The molecule has 1 atom stereocenters. The van der Waals surface area contributed by atoms with Crippen LogP contribution in [0.4, 0.5) is 0 Å². The molecular weight excluding hydrogens is 256 g/mol. The fourth-order valence-electron chi connectivity index (χ4n) is 1.63. The Labute approximate surface area is 102 Å². The van der Waals surface area contributed by atoms with Crippen LogP contribution in [0.1, 0.15) is 13.8 Å². The predicted octanol–water partition coefficient (Wildman–Crippen LogP) is 1.42. The van der Waals surface area contributed by atoms with Gasteiger partial charge < -0.3 is 9.64 Å².